The third-order valence-electron chi connectivity index (χ3n) is 4.38. The molecular formula is C21H30N6O7. The van der Waals surface area contributed by atoms with Gasteiger partial charge >= 0.3 is 17.9 Å². The number of nitrogens with two attached hydrogens (primary N) is 1. The molecule has 1 aromatic carbocycles. The third kappa shape index (κ3) is 9.65. The number of carboxylic acid groups (broad SMARTS) is 1. The van der Waals surface area contributed by atoms with Crippen LogP contribution in [0.4, 0.5) is 5.69 Å². The molecule has 0 aromatic heterocycles. The van der Waals surface area contributed by atoms with E-state index in [1.807, 2.05) is 0 Å². The van der Waals surface area contributed by atoms with Crippen LogP contribution in [-0.2, 0) is 23.9 Å². The van der Waals surface area contributed by atoms with Crippen molar-refractivity contribution in [3.63, 3.8) is 0 Å². The van der Waals surface area contributed by atoms with E-state index in [0.29, 0.717) is 12.2 Å². The number of rotatable bonds is 12. The van der Waals surface area contributed by atoms with Crippen molar-refractivity contribution in [3.05, 3.63) is 29.8 Å². The van der Waals surface area contributed by atoms with E-state index in [1.165, 1.54) is 24.3 Å². The van der Waals surface area contributed by atoms with E-state index in [4.69, 9.17) is 21.0 Å². The van der Waals surface area contributed by atoms with E-state index < -0.39 is 54.1 Å². The summed E-state index contributed by atoms with van der Waals surface area (Å²) in [6.07, 6.45) is -0.705. The van der Waals surface area contributed by atoms with E-state index in [-0.39, 0.29) is 18.1 Å². The van der Waals surface area contributed by atoms with Crippen LogP contribution in [-0.4, -0.2) is 66.0 Å². The molecular weight excluding hydrogens is 448 g/mol. The summed E-state index contributed by atoms with van der Waals surface area (Å²) in [5.41, 5.74) is 5.71. The van der Waals surface area contributed by atoms with Crippen LogP contribution in [0, 0.1) is 11.3 Å². The highest BCUT2D eigenvalue weighted by Gasteiger charge is 2.32. The molecule has 2 atom stereocenters. The van der Waals surface area contributed by atoms with Gasteiger partial charge in [0, 0.05) is 5.69 Å². The van der Waals surface area contributed by atoms with Gasteiger partial charge in [-0.1, -0.05) is 20.8 Å². The molecule has 34 heavy (non-hydrogen) atoms. The predicted octanol–water partition coefficient (Wildman–Crippen LogP) is -0.615. The number of hydrogen-bond acceptors (Lipinski definition) is 8. The smallest absolute Gasteiger partial charge is 0.345 e. The maximum absolute atomic E-state index is 12.7. The maximum Gasteiger partial charge on any atom is 0.345 e. The van der Waals surface area contributed by atoms with Crippen LogP contribution >= 0.6 is 0 Å². The van der Waals surface area contributed by atoms with Crippen molar-refractivity contribution < 1.29 is 33.8 Å². The Morgan fingerprint density at radius 3 is 2.21 bits per heavy atom. The second-order valence-corrected chi connectivity index (χ2v) is 7.55. The minimum absolute atomic E-state index is 0.0377. The standard InChI is InChI=1S/C21H30N6O7/c1-4-24-10-15(28)26-14(9-16(29)30)18(31)27-17(11(2)3)20(33)34-19(32)12-5-7-13(8-6-12)25-21(22)23/h5-8,11,14,17,24H,4,9-10H2,1-3H3,(H,26,28)(H,27,31)(H,29,30)(H4,22,23,25)/t14-,17-/m0/s1. The lowest BCUT2D eigenvalue weighted by Crippen LogP contribution is -2.55. The highest BCUT2D eigenvalue weighted by Crippen LogP contribution is 2.12. The van der Waals surface area contributed by atoms with E-state index in [9.17, 15) is 24.0 Å². The molecule has 0 saturated heterocycles. The number of carbonyl (C=O) groups excluding carboxylic acids is 4. The molecule has 13 heteroatoms. The van der Waals surface area contributed by atoms with Crippen molar-refractivity contribution in [2.24, 2.45) is 11.7 Å². The Labute approximate surface area is 196 Å². The number of hydrogen-bond donors (Lipinski definition) is 7. The molecule has 0 aliphatic carbocycles. The quantitative estimate of drug-likeness (QED) is 0.0875. The van der Waals surface area contributed by atoms with Crippen LogP contribution in [0.25, 0.3) is 0 Å². The first-order valence-electron chi connectivity index (χ1n) is 10.4. The zero-order chi connectivity index (χ0) is 25.8. The van der Waals surface area contributed by atoms with Crippen LogP contribution in [0.3, 0.4) is 0 Å². The summed E-state index contributed by atoms with van der Waals surface area (Å²) in [5.74, 6) is -5.66. The Morgan fingerprint density at radius 2 is 1.71 bits per heavy atom. The number of ether oxygens (including phenoxy) is 1. The number of carbonyl (C=O) groups is 5. The van der Waals surface area contributed by atoms with Gasteiger partial charge in [-0.25, -0.2) is 9.59 Å². The average Bonchev–Trinajstić information content (AvgIpc) is 2.74. The van der Waals surface area contributed by atoms with Crippen molar-refractivity contribution in [2.45, 2.75) is 39.3 Å². The summed E-state index contributed by atoms with van der Waals surface area (Å²) >= 11 is 0. The SMILES string of the molecule is CCNCC(=O)N[C@@H](CC(=O)O)C(=O)N[C@H](C(=O)OC(=O)c1ccc(NC(=N)N)cc1)C(C)C. The summed E-state index contributed by atoms with van der Waals surface area (Å²) in [5, 5.41) is 26.2. The second kappa shape index (κ2) is 13.5. The molecule has 1 rings (SSSR count). The Morgan fingerprint density at radius 1 is 1.09 bits per heavy atom. The van der Waals surface area contributed by atoms with Crippen LogP contribution < -0.4 is 27.0 Å². The zero-order valence-corrected chi connectivity index (χ0v) is 19.1. The van der Waals surface area contributed by atoms with E-state index in [2.05, 4.69) is 21.3 Å². The van der Waals surface area contributed by atoms with Gasteiger partial charge in [-0.2, -0.15) is 0 Å². The molecule has 0 aliphatic heterocycles. The number of benzene rings is 1. The Bertz CT molecular complexity index is 917. The molecule has 0 saturated carbocycles. The lowest BCUT2D eigenvalue weighted by molar-refractivity contribution is -0.145. The topological polar surface area (TPSA) is 213 Å². The van der Waals surface area contributed by atoms with Gasteiger partial charge in [-0.15, -0.1) is 0 Å². The molecule has 0 fully saturated rings. The van der Waals surface area contributed by atoms with Crippen molar-refractivity contribution >= 4 is 41.4 Å². The lowest BCUT2D eigenvalue weighted by Gasteiger charge is -2.23. The first-order valence-corrected chi connectivity index (χ1v) is 10.4. The Hall–Kier alpha value is -4.00. The maximum atomic E-state index is 12.7. The minimum Gasteiger partial charge on any atom is -0.481 e. The first-order chi connectivity index (χ1) is 15.9. The number of aliphatic carboxylic acids is 1. The van der Waals surface area contributed by atoms with Crippen LogP contribution in [0.5, 0.6) is 0 Å². The second-order valence-electron chi connectivity index (χ2n) is 7.55. The molecule has 2 amide bonds. The minimum atomic E-state index is -1.44. The molecule has 13 nitrogen and oxygen atoms in total. The number of likely N-dealkylation sites (N-methyl/N-ethyl adjacent to an activating group) is 1. The molecule has 0 spiro atoms. The Balaban J connectivity index is 2.87. The van der Waals surface area contributed by atoms with Crippen LogP contribution in [0.1, 0.15) is 37.6 Å². The zero-order valence-electron chi connectivity index (χ0n) is 19.1. The monoisotopic (exact) mass is 478 g/mol. The molecule has 186 valence electrons. The number of anilines is 1. The van der Waals surface area contributed by atoms with Gasteiger partial charge in [0.05, 0.1) is 18.5 Å². The highest BCUT2D eigenvalue weighted by molar-refractivity contribution is 6.00. The van der Waals surface area contributed by atoms with Gasteiger partial charge in [0.15, 0.2) is 5.96 Å². The molecule has 1 aromatic rings. The third-order valence-corrected chi connectivity index (χ3v) is 4.38. The van der Waals surface area contributed by atoms with Gasteiger partial charge in [0.25, 0.3) is 0 Å². The summed E-state index contributed by atoms with van der Waals surface area (Å²) in [4.78, 5) is 60.7. The van der Waals surface area contributed by atoms with Crippen LogP contribution in [0.15, 0.2) is 24.3 Å². The molecule has 8 N–H and O–H groups in total. The first kappa shape index (κ1) is 28.0. The molecule has 0 radical (unpaired) electrons. The summed E-state index contributed by atoms with van der Waals surface area (Å²) in [6.45, 7) is 5.33. The fraction of sp³-hybridized carbons (Fsp3) is 0.429. The molecule has 0 aliphatic rings. The molecule has 0 bridgehead atoms. The van der Waals surface area contributed by atoms with Crippen LogP contribution in [0.2, 0.25) is 0 Å². The number of esters is 2. The summed E-state index contributed by atoms with van der Waals surface area (Å²) in [6, 6.07) is 2.90. The van der Waals surface area contributed by atoms with Crippen molar-refractivity contribution in [1.82, 2.24) is 16.0 Å². The molecule has 0 heterocycles. The average molecular weight is 479 g/mol. The highest BCUT2D eigenvalue weighted by atomic mass is 16.6. The van der Waals surface area contributed by atoms with Gasteiger partial charge in [0.2, 0.25) is 11.8 Å². The number of amides is 2. The number of nitrogens with one attached hydrogen (secondary N) is 5. The van der Waals surface area contributed by atoms with Gasteiger partial charge < -0.3 is 36.8 Å². The number of carboxylic acids is 1. The fourth-order valence-electron chi connectivity index (χ4n) is 2.68. The van der Waals surface area contributed by atoms with E-state index in [1.54, 1.807) is 20.8 Å². The van der Waals surface area contributed by atoms with Gasteiger partial charge in [0.1, 0.15) is 12.1 Å². The van der Waals surface area contributed by atoms with Crippen molar-refractivity contribution in [1.29, 1.82) is 5.41 Å². The van der Waals surface area contributed by atoms with Gasteiger partial charge in [-0.05, 0) is 36.7 Å². The summed E-state index contributed by atoms with van der Waals surface area (Å²) in [7, 11) is 0. The predicted molar refractivity (Wildman–Crippen MR) is 122 cm³/mol. The normalized spacial score (nSPS) is 12.2. The fourth-order valence-corrected chi connectivity index (χ4v) is 2.68. The van der Waals surface area contributed by atoms with Crippen molar-refractivity contribution in [2.75, 3.05) is 18.4 Å². The molecule has 0 unspecified atom stereocenters. The van der Waals surface area contributed by atoms with E-state index in [0.717, 1.165) is 0 Å². The largest absolute Gasteiger partial charge is 0.481 e. The van der Waals surface area contributed by atoms with Crippen molar-refractivity contribution in [3.8, 4) is 0 Å². The Kier molecular flexibility index (Phi) is 11.2. The van der Waals surface area contributed by atoms with E-state index >= 15 is 0 Å². The lowest BCUT2D eigenvalue weighted by atomic mass is 10.0. The summed E-state index contributed by atoms with van der Waals surface area (Å²) < 4.78 is 4.88. The number of guanidine groups is 1. The van der Waals surface area contributed by atoms with Gasteiger partial charge in [-0.3, -0.25) is 19.8 Å².